The van der Waals surface area contributed by atoms with Gasteiger partial charge in [0.25, 0.3) is 5.19 Å². The van der Waals surface area contributed by atoms with Crippen LogP contribution in [0.25, 0.3) is 0 Å². The zero-order chi connectivity index (χ0) is 12.5. The van der Waals surface area contributed by atoms with Gasteiger partial charge in [0.1, 0.15) is 6.10 Å². The number of nitrogens with two attached hydrogens (primary N) is 2. The molecule has 3 rings (SSSR count). The number of hydrogen-bond donors (Lipinski definition) is 2. The number of nitrogens with zero attached hydrogens (tertiary/aromatic N) is 5. The van der Waals surface area contributed by atoms with Crippen molar-refractivity contribution >= 4 is 38.1 Å². The van der Waals surface area contributed by atoms with E-state index in [0.29, 0.717) is 15.5 Å². The van der Waals surface area contributed by atoms with Crippen LogP contribution in [0.15, 0.2) is 0 Å². The average molecular weight is 285 g/mol. The molecule has 8 nitrogen and oxygen atoms in total. The van der Waals surface area contributed by atoms with E-state index in [4.69, 9.17) is 16.2 Å². The Morgan fingerprint density at radius 2 is 1.89 bits per heavy atom. The highest BCUT2D eigenvalue weighted by molar-refractivity contribution is 7.18. The van der Waals surface area contributed by atoms with Crippen molar-refractivity contribution in [2.45, 2.75) is 12.5 Å². The van der Waals surface area contributed by atoms with E-state index in [1.165, 1.54) is 22.7 Å². The van der Waals surface area contributed by atoms with Crippen molar-refractivity contribution in [2.75, 3.05) is 29.5 Å². The zero-order valence-corrected chi connectivity index (χ0v) is 10.9. The molecular formula is C8H11N7OS2. The highest BCUT2D eigenvalue weighted by Gasteiger charge is 2.27. The van der Waals surface area contributed by atoms with Gasteiger partial charge >= 0.3 is 0 Å². The van der Waals surface area contributed by atoms with Crippen LogP contribution in [0.4, 0.5) is 15.4 Å². The molecule has 0 saturated carbocycles. The van der Waals surface area contributed by atoms with E-state index in [1.807, 2.05) is 0 Å². The van der Waals surface area contributed by atoms with Crippen molar-refractivity contribution in [3.8, 4) is 5.19 Å². The molecule has 0 bridgehead atoms. The third-order valence-corrected chi connectivity index (χ3v) is 3.99. The molecule has 2 aromatic heterocycles. The molecule has 0 aliphatic carbocycles. The predicted octanol–water partition coefficient (Wildman–Crippen LogP) is 0.212. The van der Waals surface area contributed by atoms with Crippen LogP contribution in [-0.4, -0.2) is 39.6 Å². The van der Waals surface area contributed by atoms with Crippen molar-refractivity contribution in [1.82, 2.24) is 20.4 Å². The minimum Gasteiger partial charge on any atom is -0.464 e. The average Bonchev–Trinajstić information content (AvgIpc) is 3.01. The number of aromatic nitrogens is 4. The molecule has 1 fully saturated rings. The Morgan fingerprint density at radius 1 is 1.11 bits per heavy atom. The molecule has 0 radical (unpaired) electrons. The molecule has 1 aliphatic rings. The van der Waals surface area contributed by atoms with Crippen LogP contribution in [0.3, 0.4) is 0 Å². The second-order valence-corrected chi connectivity index (χ2v) is 5.76. The van der Waals surface area contributed by atoms with Gasteiger partial charge in [-0.15, -0.1) is 15.3 Å². The number of ether oxygens (including phenoxy) is 1. The Bertz CT molecular complexity index is 541. The van der Waals surface area contributed by atoms with Gasteiger partial charge < -0.3 is 21.1 Å². The van der Waals surface area contributed by atoms with E-state index in [0.717, 1.165) is 24.6 Å². The Hall–Kier alpha value is -1.68. The molecule has 3 heterocycles. The molecule has 18 heavy (non-hydrogen) atoms. The fourth-order valence-corrected chi connectivity index (χ4v) is 2.93. The van der Waals surface area contributed by atoms with Crippen molar-refractivity contribution in [3.05, 3.63) is 0 Å². The first-order chi connectivity index (χ1) is 8.70. The summed E-state index contributed by atoms with van der Waals surface area (Å²) in [4.78, 5) is 2.10. The lowest BCUT2D eigenvalue weighted by atomic mass is 10.3. The maximum atomic E-state index is 5.70. The lowest BCUT2D eigenvalue weighted by Gasteiger charge is -2.13. The summed E-state index contributed by atoms with van der Waals surface area (Å²) >= 11 is 2.62. The number of anilines is 3. The Morgan fingerprint density at radius 3 is 2.56 bits per heavy atom. The third-order valence-electron chi connectivity index (χ3n) is 2.54. The molecule has 0 spiro atoms. The number of hydrogen-bond acceptors (Lipinski definition) is 10. The summed E-state index contributed by atoms with van der Waals surface area (Å²) in [7, 11) is 0. The normalized spacial score (nSPS) is 19.3. The molecule has 0 aromatic carbocycles. The van der Waals surface area contributed by atoms with Crippen LogP contribution in [0.2, 0.25) is 0 Å². The molecule has 1 unspecified atom stereocenters. The van der Waals surface area contributed by atoms with Gasteiger partial charge in [0, 0.05) is 13.0 Å². The second kappa shape index (κ2) is 4.53. The van der Waals surface area contributed by atoms with Gasteiger partial charge in [0.05, 0.1) is 6.54 Å². The molecule has 0 amide bonds. The fraction of sp³-hybridized carbons (Fsp3) is 0.500. The van der Waals surface area contributed by atoms with E-state index in [-0.39, 0.29) is 6.10 Å². The molecule has 96 valence electrons. The van der Waals surface area contributed by atoms with Crippen LogP contribution in [-0.2, 0) is 0 Å². The Kier molecular flexibility index (Phi) is 2.88. The van der Waals surface area contributed by atoms with Crippen LogP contribution in [0.1, 0.15) is 6.42 Å². The van der Waals surface area contributed by atoms with E-state index in [2.05, 4.69) is 25.3 Å². The lowest BCUT2D eigenvalue weighted by molar-refractivity contribution is 0.222. The van der Waals surface area contributed by atoms with Gasteiger partial charge in [0.2, 0.25) is 15.4 Å². The van der Waals surface area contributed by atoms with Gasteiger partial charge in [-0.05, 0) is 11.3 Å². The number of rotatable bonds is 3. The first-order valence-corrected chi connectivity index (χ1v) is 6.93. The summed E-state index contributed by atoms with van der Waals surface area (Å²) in [5.74, 6) is 0. The molecule has 1 aliphatic heterocycles. The van der Waals surface area contributed by atoms with Gasteiger partial charge in [-0.25, -0.2) is 0 Å². The summed E-state index contributed by atoms with van der Waals surface area (Å²) in [6.07, 6.45) is 0.973. The van der Waals surface area contributed by atoms with Crippen LogP contribution in [0, 0.1) is 0 Å². The molecule has 2 aromatic rings. The van der Waals surface area contributed by atoms with E-state index in [1.54, 1.807) is 0 Å². The number of nitrogen functional groups attached to an aromatic ring is 2. The standard InChI is InChI=1S/C8H11N7OS2/c9-5-11-13-7(17-5)15-2-1-4(3-15)16-8-14-12-6(10)18-8/h4H,1-3H2,(H2,9,11)(H2,10,12). The minimum absolute atomic E-state index is 0.0717. The molecule has 1 atom stereocenters. The Labute approximate surface area is 111 Å². The molecular weight excluding hydrogens is 274 g/mol. The first kappa shape index (κ1) is 11.4. The maximum absolute atomic E-state index is 5.70. The van der Waals surface area contributed by atoms with Gasteiger partial charge in [-0.2, -0.15) is 0 Å². The Balaban J connectivity index is 1.61. The predicted molar refractivity (Wildman–Crippen MR) is 69.9 cm³/mol. The van der Waals surface area contributed by atoms with Crippen molar-refractivity contribution in [1.29, 1.82) is 0 Å². The van der Waals surface area contributed by atoms with Gasteiger partial charge in [-0.3, -0.25) is 0 Å². The van der Waals surface area contributed by atoms with Gasteiger partial charge in [0.15, 0.2) is 0 Å². The monoisotopic (exact) mass is 285 g/mol. The first-order valence-electron chi connectivity index (χ1n) is 5.30. The zero-order valence-electron chi connectivity index (χ0n) is 9.31. The van der Waals surface area contributed by atoms with Crippen LogP contribution < -0.4 is 21.1 Å². The summed E-state index contributed by atoms with van der Waals surface area (Å²) < 4.78 is 5.70. The quantitative estimate of drug-likeness (QED) is 0.822. The molecule has 1 saturated heterocycles. The maximum Gasteiger partial charge on any atom is 0.296 e. The summed E-state index contributed by atoms with van der Waals surface area (Å²) in [5.41, 5.74) is 11.1. The van der Waals surface area contributed by atoms with E-state index >= 15 is 0 Å². The van der Waals surface area contributed by atoms with Crippen molar-refractivity contribution < 1.29 is 4.74 Å². The lowest BCUT2D eigenvalue weighted by Crippen LogP contribution is -2.24. The third kappa shape index (κ3) is 2.29. The van der Waals surface area contributed by atoms with Crippen molar-refractivity contribution in [2.24, 2.45) is 0 Å². The summed E-state index contributed by atoms with van der Waals surface area (Å²) in [5, 5.41) is 17.6. The molecule has 4 N–H and O–H groups in total. The van der Waals surface area contributed by atoms with E-state index < -0.39 is 0 Å². The highest BCUT2D eigenvalue weighted by atomic mass is 32.1. The fourth-order valence-electron chi connectivity index (χ4n) is 1.76. The second-order valence-electron chi connectivity index (χ2n) is 3.80. The smallest absolute Gasteiger partial charge is 0.296 e. The minimum atomic E-state index is 0.0717. The van der Waals surface area contributed by atoms with Crippen LogP contribution >= 0.6 is 22.7 Å². The highest BCUT2D eigenvalue weighted by Crippen LogP contribution is 2.28. The molecule has 10 heteroatoms. The largest absolute Gasteiger partial charge is 0.464 e. The topological polar surface area (TPSA) is 116 Å². The van der Waals surface area contributed by atoms with Gasteiger partial charge in [-0.1, -0.05) is 16.4 Å². The SMILES string of the molecule is Nc1nnc(OC2CCN(c3nnc(N)s3)C2)s1. The summed E-state index contributed by atoms with van der Waals surface area (Å²) in [6, 6.07) is 0. The van der Waals surface area contributed by atoms with Crippen molar-refractivity contribution in [3.63, 3.8) is 0 Å². The van der Waals surface area contributed by atoms with Crippen LogP contribution in [0.5, 0.6) is 5.19 Å². The summed E-state index contributed by atoms with van der Waals surface area (Å²) in [6.45, 7) is 1.61. The van der Waals surface area contributed by atoms with E-state index in [9.17, 15) is 0 Å².